The average molecular weight is 611 g/mol. The van der Waals surface area contributed by atoms with Crippen molar-refractivity contribution in [2.75, 3.05) is 18.9 Å². The standard InChI is InChI=1S/C10H13FN5O7P.C9H11FN2O5/c11-10-14-7(12)4-8(15-10)16(2-13-4)9-6(18)5(17)3(23-9)1-22-24(19,20)21;10-4-2-12(9(16)11-8(4)15)7-1-5(14)6(3-13)17-7/h2-3,5-6,9,17-18H,1H2,(H2,12,14,15)(H2,19,20,21);2,5-7,13-14H,1,3H2,(H,11,15,16)/t3-,5-,6+,9-;5-,6+,7+/m10/s1. The van der Waals surface area contributed by atoms with Crippen molar-refractivity contribution in [3.63, 3.8) is 0 Å². The van der Waals surface area contributed by atoms with Gasteiger partial charge in [0, 0.05) is 6.42 Å². The van der Waals surface area contributed by atoms with Gasteiger partial charge in [-0.1, -0.05) is 0 Å². The van der Waals surface area contributed by atoms with E-state index in [4.69, 9.17) is 30.1 Å². The molecule has 19 nitrogen and oxygen atoms in total. The predicted octanol–water partition coefficient (Wildman–Crippen LogP) is -3.41. The van der Waals surface area contributed by atoms with Gasteiger partial charge in [0.25, 0.3) is 5.56 Å². The minimum atomic E-state index is -4.78. The number of phosphoric ester groups is 1. The van der Waals surface area contributed by atoms with Crippen molar-refractivity contribution in [2.45, 2.75) is 49.4 Å². The van der Waals surface area contributed by atoms with Gasteiger partial charge in [-0.3, -0.25) is 23.4 Å². The summed E-state index contributed by atoms with van der Waals surface area (Å²) in [4.78, 5) is 52.1. The Labute approximate surface area is 225 Å². The first-order chi connectivity index (χ1) is 19.2. The second-order valence-corrected chi connectivity index (χ2v) is 10.0. The number of ether oxygens (including phenoxy) is 2. The fraction of sp³-hybridized carbons (Fsp3) is 0.526. The van der Waals surface area contributed by atoms with Crippen molar-refractivity contribution >= 4 is 24.8 Å². The van der Waals surface area contributed by atoms with Crippen molar-refractivity contribution in [1.29, 1.82) is 0 Å². The van der Waals surface area contributed by atoms with E-state index in [1.165, 1.54) is 0 Å². The Morgan fingerprint density at radius 2 is 1.83 bits per heavy atom. The van der Waals surface area contributed by atoms with E-state index >= 15 is 0 Å². The number of nitrogen functional groups attached to an aromatic ring is 1. The summed E-state index contributed by atoms with van der Waals surface area (Å²) < 4.78 is 53.8. The molecule has 0 aliphatic carbocycles. The molecule has 3 aromatic rings. The predicted molar refractivity (Wildman–Crippen MR) is 127 cm³/mol. The highest BCUT2D eigenvalue weighted by Crippen LogP contribution is 2.39. The quantitative estimate of drug-likeness (QED) is 0.0995. The summed E-state index contributed by atoms with van der Waals surface area (Å²) in [6.07, 6.45) is -7.36. The molecule has 0 bridgehead atoms. The number of nitrogens with one attached hydrogen (secondary N) is 1. The molecule has 2 aliphatic heterocycles. The van der Waals surface area contributed by atoms with Crippen LogP contribution in [0.15, 0.2) is 22.1 Å². The zero-order valence-electron chi connectivity index (χ0n) is 20.5. The Morgan fingerprint density at radius 3 is 2.46 bits per heavy atom. The molecular formula is C19H24F2N7O12P. The van der Waals surface area contributed by atoms with Crippen LogP contribution < -0.4 is 17.0 Å². The van der Waals surface area contributed by atoms with E-state index in [2.05, 4.69) is 19.5 Å². The lowest BCUT2D eigenvalue weighted by Gasteiger charge is -2.16. The normalized spacial score (nSPS) is 28.1. The Morgan fingerprint density at radius 1 is 1.12 bits per heavy atom. The molecule has 9 N–H and O–H groups in total. The lowest BCUT2D eigenvalue weighted by atomic mass is 10.1. The van der Waals surface area contributed by atoms with Crippen LogP contribution in [0.2, 0.25) is 0 Å². The largest absolute Gasteiger partial charge is 0.469 e. The van der Waals surface area contributed by atoms with Crippen LogP contribution >= 0.6 is 7.82 Å². The van der Waals surface area contributed by atoms with Gasteiger partial charge in [-0.15, -0.1) is 0 Å². The van der Waals surface area contributed by atoms with Gasteiger partial charge in [-0.05, 0) is 0 Å². The maximum atomic E-state index is 13.3. The number of aliphatic hydroxyl groups is 4. The van der Waals surface area contributed by atoms with E-state index in [-0.39, 0.29) is 23.4 Å². The summed E-state index contributed by atoms with van der Waals surface area (Å²) in [5.41, 5.74) is 3.58. The third-order valence-electron chi connectivity index (χ3n) is 6.06. The van der Waals surface area contributed by atoms with Crippen LogP contribution in [0.4, 0.5) is 14.6 Å². The average Bonchev–Trinajstić information content (AvgIpc) is 3.56. The highest BCUT2D eigenvalue weighted by atomic mass is 31.2. The number of nitrogens with two attached hydrogens (primary N) is 1. The minimum Gasteiger partial charge on any atom is -0.394 e. The Kier molecular flexibility index (Phi) is 8.94. The van der Waals surface area contributed by atoms with E-state index in [0.717, 1.165) is 21.7 Å². The Hall–Kier alpha value is -3.24. The molecule has 0 amide bonds. The third kappa shape index (κ3) is 6.64. The zero-order chi connectivity index (χ0) is 30.2. The van der Waals surface area contributed by atoms with Gasteiger partial charge in [0.1, 0.15) is 30.6 Å². The second-order valence-electron chi connectivity index (χ2n) is 8.79. The Bertz CT molecular complexity index is 1560. The molecule has 41 heavy (non-hydrogen) atoms. The van der Waals surface area contributed by atoms with Gasteiger partial charge >= 0.3 is 19.6 Å². The fourth-order valence-electron chi connectivity index (χ4n) is 4.09. The van der Waals surface area contributed by atoms with Gasteiger partial charge < -0.3 is 45.4 Å². The molecule has 22 heteroatoms. The molecule has 5 heterocycles. The van der Waals surface area contributed by atoms with Crippen molar-refractivity contribution in [3.05, 3.63) is 45.3 Å². The molecule has 226 valence electrons. The van der Waals surface area contributed by atoms with Crippen LogP contribution in [0, 0.1) is 11.9 Å². The number of rotatable bonds is 6. The number of aliphatic hydroxyl groups excluding tert-OH is 4. The van der Waals surface area contributed by atoms with Crippen molar-refractivity contribution in [2.24, 2.45) is 0 Å². The summed E-state index contributed by atoms with van der Waals surface area (Å²) in [6, 6.07) is 0. The van der Waals surface area contributed by atoms with E-state index in [9.17, 15) is 38.3 Å². The maximum absolute atomic E-state index is 13.3. The maximum Gasteiger partial charge on any atom is 0.469 e. The number of H-pyrrole nitrogens is 1. The molecule has 2 aliphatic rings. The molecule has 0 radical (unpaired) electrons. The topological polar surface area (TPSA) is 291 Å². The van der Waals surface area contributed by atoms with Crippen LogP contribution in [-0.4, -0.2) is 103 Å². The number of phosphoric acid groups is 1. The summed E-state index contributed by atoms with van der Waals surface area (Å²) >= 11 is 0. The second kappa shape index (κ2) is 11.9. The van der Waals surface area contributed by atoms with Crippen LogP contribution in [0.25, 0.3) is 11.2 Å². The highest BCUT2D eigenvalue weighted by Gasteiger charge is 2.45. The number of aromatic amines is 1. The molecule has 0 spiro atoms. The first kappa shape index (κ1) is 30.7. The van der Waals surface area contributed by atoms with Gasteiger partial charge in [0.2, 0.25) is 5.82 Å². The van der Waals surface area contributed by atoms with Crippen LogP contribution in [0.5, 0.6) is 0 Å². The van der Waals surface area contributed by atoms with E-state index < -0.39 is 87.2 Å². The number of hydrogen-bond acceptors (Lipinski definition) is 14. The molecule has 0 saturated carbocycles. The molecular weight excluding hydrogens is 587 g/mol. The monoisotopic (exact) mass is 611 g/mol. The summed E-state index contributed by atoms with van der Waals surface area (Å²) in [6.45, 7) is -1.07. The highest BCUT2D eigenvalue weighted by molar-refractivity contribution is 7.46. The molecule has 0 unspecified atom stereocenters. The molecule has 3 aromatic heterocycles. The molecule has 2 saturated heterocycles. The lowest BCUT2D eigenvalue weighted by molar-refractivity contribution is -0.0504. The van der Waals surface area contributed by atoms with Crippen LogP contribution in [0.3, 0.4) is 0 Å². The third-order valence-corrected chi connectivity index (χ3v) is 6.54. The van der Waals surface area contributed by atoms with Gasteiger partial charge in [0.05, 0.1) is 31.8 Å². The van der Waals surface area contributed by atoms with E-state index in [0.29, 0.717) is 0 Å². The van der Waals surface area contributed by atoms with Gasteiger partial charge in [-0.25, -0.2) is 14.3 Å². The number of anilines is 1. The fourth-order valence-corrected chi connectivity index (χ4v) is 4.43. The number of imidazole rings is 1. The van der Waals surface area contributed by atoms with Crippen molar-refractivity contribution in [1.82, 2.24) is 29.1 Å². The van der Waals surface area contributed by atoms with Crippen molar-refractivity contribution < 1.29 is 57.6 Å². The summed E-state index contributed by atoms with van der Waals surface area (Å²) in [5, 5.41) is 38.4. The van der Waals surface area contributed by atoms with Crippen LogP contribution in [0.1, 0.15) is 18.9 Å². The van der Waals surface area contributed by atoms with E-state index in [1.54, 1.807) is 4.98 Å². The van der Waals surface area contributed by atoms with Crippen molar-refractivity contribution in [3.8, 4) is 0 Å². The summed E-state index contributed by atoms with van der Waals surface area (Å²) in [5.74, 6) is -1.33. The number of hydrogen-bond donors (Lipinski definition) is 8. The Balaban J connectivity index is 0.000000201. The van der Waals surface area contributed by atoms with E-state index in [1.807, 2.05) is 0 Å². The molecule has 7 atom stereocenters. The number of aromatic nitrogens is 6. The summed E-state index contributed by atoms with van der Waals surface area (Å²) in [7, 11) is -4.78. The minimum absolute atomic E-state index is 0.0383. The number of halogens is 2. The zero-order valence-corrected chi connectivity index (χ0v) is 21.4. The number of nitrogens with zero attached hydrogens (tertiary/aromatic N) is 5. The van der Waals surface area contributed by atoms with Gasteiger partial charge in [-0.2, -0.15) is 18.7 Å². The number of fused-ring (bicyclic) bond motifs is 1. The lowest BCUT2D eigenvalue weighted by Crippen LogP contribution is -2.34. The van der Waals surface area contributed by atoms with Gasteiger partial charge in [0.15, 0.2) is 23.2 Å². The molecule has 2 fully saturated rings. The first-order valence-electron chi connectivity index (χ1n) is 11.5. The first-order valence-corrected chi connectivity index (χ1v) is 13.1. The smallest absolute Gasteiger partial charge is 0.394 e. The molecule has 5 rings (SSSR count). The SMILES string of the molecule is Nc1nc(F)nc2c1ncn2[C@@H]1O[C@H](COP(=O)(O)O)[C@@H](O)[C@@H]1O.O=c1[nH]c(=O)n([C@H]2C[C@H](O)[C@@H](CO)O2)cc1F. The van der Waals surface area contributed by atoms with Crippen LogP contribution in [-0.2, 0) is 18.6 Å². The molecule has 0 aromatic carbocycles.